The number of likely N-dealkylation sites (tertiary alicyclic amines) is 1. The van der Waals surface area contributed by atoms with Gasteiger partial charge in [-0.3, -0.25) is 0 Å². The van der Waals surface area contributed by atoms with Crippen LogP contribution in [0.1, 0.15) is 19.3 Å². The molecule has 2 atom stereocenters. The molecule has 0 bridgehead atoms. The van der Waals surface area contributed by atoms with Crippen molar-refractivity contribution in [3.63, 3.8) is 0 Å². The average Bonchev–Trinajstić information content (AvgIpc) is 3.16. The second kappa shape index (κ2) is 9.24. The molecule has 0 saturated carbocycles. The molecule has 1 N–H and O–H groups in total. The molecule has 10 heteroatoms. The number of hydrogen-bond acceptors (Lipinski definition) is 7. The van der Waals surface area contributed by atoms with Crippen molar-refractivity contribution >= 4 is 38.7 Å². The van der Waals surface area contributed by atoms with Gasteiger partial charge in [0.1, 0.15) is 12.4 Å². The van der Waals surface area contributed by atoms with E-state index in [2.05, 4.69) is 38.9 Å². The van der Waals surface area contributed by atoms with Gasteiger partial charge >= 0.3 is 12.1 Å². The maximum absolute atomic E-state index is 11.6. The van der Waals surface area contributed by atoms with E-state index in [0.29, 0.717) is 44.1 Å². The third-order valence-corrected chi connectivity index (χ3v) is 6.54. The van der Waals surface area contributed by atoms with Crippen molar-refractivity contribution in [3.8, 4) is 12.1 Å². The summed E-state index contributed by atoms with van der Waals surface area (Å²) in [5, 5.41) is 19.5. The van der Waals surface area contributed by atoms with Gasteiger partial charge in [-0.05, 0) is 44.6 Å². The lowest BCUT2D eigenvalue weighted by atomic mass is 10.1. The van der Waals surface area contributed by atoms with Gasteiger partial charge in [-0.25, -0.2) is 4.79 Å². The van der Waals surface area contributed by atoms with Crippen molar-refractivity contribution < 1.29 is 14.6 Å². The van der Waals surface area contributed by atoms with Gasteiger partial charge < -0.3 is 24.5 Å². The number of halogens is 1. The summed E-state index contributed by atoms with van der Waals surface area (Å²) in [6.07, 6.45) is 1.39. The molecule has 164 valence electrons. The van der Waals surface area contributed by atoms with Crippen molar-refractivity contribution in [2.24, 2.45) is 0 Å². The summed E-state index contributed by atoms with van der Waals surface area (Å²) in [7, 11) is 2.10. The molecule has 31 heavy (non-hydrogen) atoms. The molecule has 3 heterocycles. The van der Waals surface area contributed by atoms with Gasteiger partial charge in [0.2, 0.25) is 0 Å². The molecule has 9 nitrogen and oxygen atoms in total. The Labute approximate surface area is 189 Å². The van der Waals surface area contributed by atoms with E-state index in [1.807, 2.05) is 23.1 Å². The largest absolute Gasteiger partial charge is 0.465 e. The van der Waals surface area contributed by atoms with E-state index in [-0.39, 0.29) is 6.42 Å². The van der Waals surface area contributed by atoms with Crippen LogP contribution in [0, 0.1) is 11.3 Å². The first-order valence-electron chi connectivity index (χ1n) is 10.4. The van der Waals surface area contributed by atoms with Crippen LogP contribution >= 0.6 is 15.9 Å². The topological polar surface area (TPSA) is 106 Å². The zero-order chi connectivity index (χ0) is 22.0. The second-order valence-electron chi connectivity index (χ2n) is 8.02. The zero-order valence-corrected chi connectivity index (χ0v) is 19.0. The number of rotatable bonds is 5. The first kappa shape index (κ1) is 21.6. The SMILES string of the molecule is CN1CCCC1COc1nc(N2CCN(C(=O)O)C(CC#N)C2)c2ccc(Br)cc2n1. The third kappa shape index (κ3) is 4.67. The summed E-state index contributed by atoms with van der Waals surface area (Å²) in [6, 6.07) is 8.18. The zero-order valence-electron chi connectivity index (χ0n) is 17.4. The fourth-order valence-electron chi connectivity index (χ4n) is 4.31. The van der Waals surface area contributed by atoms with Crippen molar-refractivity contribution in [3.05, 3.63) is 22.7 Å². The van der Waals surface area contributed by atoms with Crippen LogP contribution in [0.15, 0.2) is 22.7 Å². The van der Waals surface area contributed by atoms with E-state index in [9.17, 15) is 15.2 Å². The maximum Gasteiger partial charge on any atom is 0.407 e. The fraction of sp³-hybridized carbons (Fsp3) is 0.524. The van der Waals surface area contributed by atoms with Crippen LogP contribution < -0.4 is 9.64 Å². The van der Waals surface area contributed by atoms with E-state index in [1.165, 1.54) is 4.90 Å². The highest BCUT2D eigenvalue weighted by atomic mass is 79.9. The fourth-order valence-corrected chi connectivity index (χ4v) is 4.66. The Balaban J connectivity index is 1.64. The highest BCUT2D eigenvalue weighted by Gasteiger charge is 2.32. The number of nitrogens with zero attached hydrogens (tertiary/aromatic N) is 6. The number of amides is 1. The van der Waals surface area contributed by atoms with E-state index >= 15 is 0 Å². The van der Waals surface area contributed by atoms with Crippen LogP contribution in [0.3, 0.4) is 0 Å². The minimum Gasteiger partial charge on any atom is -0.465 e. The Morgan fingerprint density at radius 2 is 2.16 bits per heavy atom. The van der Waals surface area contributed by atoms with Crippen LogP contribution in [0.25, 0.3) is 10.9 Å². The number of anilines is 1. The van der Waals surface area contributed by atoms with Gasteiger partial charge in [-0.2, -0.15) is 15.2 Å². The van der Waals surface area contributed by atoms with Crippen molar-refractivity contribution in [2.45, 2.75) is 31.3 Å². The molecule has 2 aliphatic rings. The van der Waals surface area contributed by atoms with Gasteiger partial charge in [-0.15, -0.1) is 0 Å². The van der Waals surface area contributed by atoms with E-state index in [0.717, 1.165) is 34.8 Å². The molecule has 2 fully saturated rings. The number of fused-ring (bicyclic) bond motifs is 1. The summed E-state index contributed by atoms with van der Waals surface area (Å²) < 4.78 is 6.92. The van der Waals surface area contributed by atoms with Gasteiger partial charge in [0.25, 0.3) is 0 Å². The number of benzene rings is 1. The molecule has 0 spiro atoms. The minimum absolute atomic E-state index is 0.134. The van der Waals surface area contributed by atoms with Crippen LogP contribution in [-0.2, 0) is 0 Å². The smallest absolute Gasteiger partial charge is 0.407 e. The normalized spacial score (nSPS) is 22.0. The average molecular weight is 489 g/mol. The second-order valence-corrected chi connectivity index (χ2v) is 8.93. The quantitative estimate of drug-likeness (QED) is 0.684. The lowest BCUT2D eigenvalue weighted by Gasteiger charge is -2.39. The van der Waals surface area contributed by atoms with Crippen molar-refractivity contribution in [2.75, 3.05) is 44.7 Å². The third-order valence-electron chi connectivity index (χ3n) is 6.05. The van der Waals surface area contributed by atoms with Crippen molar-refractivity contribution in [1.82, 2.24) is 19.8 Å². The molecule has 4 rings (SSSR count). The van der Waals surface area contributed by atoms with Gasteiger partial charge in [0.05, 0.1) is 24.0 Å². The Bertz CT molecular complexity index is 1010. The molecular formula is C21H25BrN6O3. The van der Waals surface area contributed by atoms with Crippen LogP contribution in [0.5, 0.6) is 6.01 Å². The first-order chi connectivity index (χ1) is 15.0. The number of aromatic nitrogens is 2. The number of piperazine rings is 1. The van der Waals surface area contributed by atoms with Crippen molar-refractivity contribution in [1.29, 1.82) is 5.26 Å². The minimum atomic E-state index is -0.999. The predicted octanol–water partition coefficient (Wildman–Crippen LogP) is 2.95. The van der Waals surface area contributed by atoms with E-state index in [1.54, 1.807) is 0 Å². The summed E-state index contributed by atoms with van der Waals surface area (Å²) in [5.74, 6) is 0.709. The number of nitriles is 1. The number of carbonyl (C=O) groups is 1. The summed E-state index contributed by atoms with van der Waals surface area (Å²) in [5.41, 5.74) is 0.756. The molecule has 2 saturated heterocycles. The maximum atomic E-state index is 11.6. The lowest BCUT2D eigenvalue weighted by Crippen LogP contribution is -2.55. The van der Waals surface area contributed by atoms with Crippen LogP contribution in [-0.4, -0.2) is 82.9 Å². The number of carboxylic acid groups (broad SMARTS) is 1. The molecule has 2 aromatic rings. The number of ether oxygens (including phenoxy) is 1. The Kier molecular flexibility index (Phi) is 6.43. The summed E-state index contributed by atoms with van der Waals surface area (Å²) >= 11 is 3.50. The standard InChI is InChI=1S/C21H25BrN6O3/c1-26-8-2-3-16(26)13-31-20-24-18-11-14(22)4-5-17(18)19(25-20)27-9-10-28(21(29)30)15(12-27)6-7-23/h4-5,11,15-16H,2-3,6,8-10,12-13H2,1H3,(H,29,30). The molecule has 1 amide bonds. The highest BCUT2D eigenvalue weighted by Crippen LogP contribution is 2.30. The van der Waals surface area contributed by atoms with E-state index < -0.39 is 12.1 Å². The summed E-state index contributed by atoms with van der Waals surface area (Å²) in [4.78, 5) is 26.6. The molecule has 2 aliphatic heterocycles. The molecule has 0 radical (unpaired) electrons. The first-order valence-corrected chi connectivity index (χ1v) is 11.2. The van der Waals surface area contributed by atoms with Gasteiger partial charge in [0.15, 0.2) is 0 Å². The Morgan fingerprint density at radius 3 is 2.87 bits per heavy atom. The molecule has 2 unspecified atom stereocenters. The number of likely N-dealkylation sites (N-methyl/N-ethyl adjacent to an activating group) is 1. The van der Waals surface area contributed by atoms with E-state index in [4.69, 9.17) is 9.72 Å². The molecule has 0 aliphatic carbocycles. The molecule has 1 aromatic carbocycles. The van der Waals surface area contributed by atoms with Gasteiger partial charge in [-0.1, -0.05) is 15.9 Å². The lowest BCUT2D eigenvalue weighted by molar-refractivity contribution is 0.119. The predicted molar refractivity (Wildman–Crippen MR) is 119 cm³/mol. The molecule has 1 aromatic heterocycles. The Hall–Kier alpha value is -2.64. The van der Waals surface area contributed by atoms with Gasteiger partial charge in [0, 0.05) is 35.5 Å². The monoisotopic (exact) mass is 488 g/mol. The Morgan fingerprint density at radius 1 is 1.32 bits per heavy atom. The highest BCUT2D eigenvalue weighted by molar-refractivity contribution is 9.10. The molecular weight excluding hydrogens is 464 g/mol. The van der Waals surface area contributed by atoms with Crippen LogP contribution in [0.4, 0.5) is 10.6 Å². The number of hydrogen-bond donors (Lipinski definition) is 1. The summed E-state index contributed by atoms with van der Waals surface area (Å²) in [6.45, 7) is 2.79. The van der Waals surface area contributed by atoms with Crippen LogP contribution in [0.2, 0.25) is 0 Å².